The van der Waals surface area contributed by atoms with E-state index in [-0.39, 0.29) is 17.7 Å². The third kappa shape index (κ3) is 3.62. The summed E-state index contributed by atoms with van der Waals surface area (Å²) in [6, 6.07) is 9.02. The number of nitrogens with one attached hydrogen (secondary N) is 2. The molecular weight excluding hydrogens is 346 g/mol. The third-order valence-corrected chi connectivity index (χ3v) is 4.73. The Kier molecular flexibility index (Phi) is 4.74. The number of nitrogens with zero attached hydrogens (tertiary/aromatic N) is 3. The molecule has 0 saturated carbocycles. The van der Waals surface area contributed by atoms with Crippen molar-refractivity contribution in [3.8, 4) is 11.5 Å². The number of likely N-dealkylation sites (N-methyl/N-ethyl adjacent to an activating group) is 1. The Hall–Kier alpha value is -2.97. The van der Waals surface area contributed by atoms with E-state index in [0.29, 0.717) is 17.4 Å². The van der Waals surface area contributed by atoms with E-state index >= 15 is 0 Å². The highest BCUT2D eigenvalue weighted by Crippen LogP contribution is 2.27. The van der Waals surface area contributed by atoms with Crippen molar-refractivity contribution in [1.82, 2.24) is 20.4 Å². The molecule has 1 atom stereocenters. The van der Waals surface area contributed by atoms with E-state index in [1.807, 2.05) is 25.1 Å². The molecule has 8 nitrogen and oxygen atoms in total. The Morgan fingerprint density at radius 2 is 2.26 bits per heavy atom. The fourth-order valence-electron chi connectivity index (χ4n) is 3.06. The number of anilines is 1. The van der Waals surface area contributed by atoms with Crippen LogP contribution in [0, 0.1) is 6.92 Å². The second-order valence-corrected chi connectivity index (χ2v) is 6.62. The molecule has 8 heteroatoms. The summed E-state index contributed by atoms with van der Waals surface area (Å²) in [4.78, 5) is 19.0. The molecule has 1 amide bonds. The Labute approximate surface area is 156 Å². The van der Waals surface area contributed by atoms with Gasteiger partial charge in [-0.25, -0.2) is 0 Å². The molecule has 0 aliphatic carbocycles. The minimum absolute atomic E-state index is 0.0832. The summed E-state index contributed by atoms with van der Waals surface area (Å²) >= 11 is 0. The van der Waals surface area contributed by atoms with Gasteiger partial charge in [0.25, 0.3) is 11.8 Å². The normalized spacial score (nSPS) is 17.8. The van der Waals surface area contributed by atoms with Gasteiger partial charge in [0.2, 0.25) is 0 Å². The molecular formula is C19H21N5O3. The SMILES string of the molecule is Cc1ccc(-c2nc(C3CNCCN3C)no2)cc1NC(=O)c1ccco1. The molecule has 1 fully saturated rings. The quantitative estimate of drug-likeness (QED) is 0.731. The van der Waals surface area contributed by atoms with Crippen LogP contribution in [-0.4, -0.2) is 47.6 Å². The van der Waals surface area contributed by atoms with E-state index in [4.69, 9.17) is 8.94 Å². The average Bonchev–Trinajstić information content (AvgIpc) is 3.36. The number of rotatable bonds is 4. The summed E-state index contributed by atoms with van der Waals surface area (Å²) in [7, 11) is 2.05. The van der Waals surface area contributed by atoms with E-state index in [1.165, 1.54) is 6.26 Å². The molecule has 1 saturated heterocycles. The number of carbonyl (C=O) groups is 1. The molecule has 1 aliphatic heterocycles. The molecule has 27 heavy (non-hydrogen) atoms. The van der Waals surface area contributed by atoms with Gasteiger partial charge in [0.15, 0.2) is 11.6 Å². The van der Waals surface area contributed by atoms with E-state index in [2.05, 4.69) is 32.7 Å². The predicted octanol–water partition coefficient (Wildman–Crippen LogP) is 2.47. The van der Waals surface area contributed by atoms with Gasteiger partial charge >= 0.3 is 0 Å². The maximum absolute atomic E-state index is 12.3. The highest BCUT2D eigenvalue weighted by atomic mass is 16.5. The van der Waals surface area contributed by atoms with Crippen LogP contribution in [0.5, 0.6) is 0 Å². The number of amides is 1. The third-order valence-electron chi connectivity index (χ3n) is 4.73. The van der Waals surface area contributed by atoms with Crippen molar-refractivity contribution < 1.29 is 13.7 Å². The van der Waals surface area contributed by atoms with Crippen LogP contribution in [0.3, 0.4) is 0 Å². The van der Waals surface area contributed by atoms with Crippen molar-refractivity contribution in [2.45, 2.75) is 13.0 Å². The van der Waals surface area contributed by atoms with Crippen LogP contribution >= 0.6 is 0 Å². The smallest absolute Gasteiger partial charge is 0.291 e. The molecule has 3 heterocycles. The number of hydrogen-bond acceptors (Lipinski definition) is 7. The second kappa shape index (κ2) is 7.34. The Bertz CT molecular complexity index is 935. The number of carbonyl (C=O) groups excluding carboxylic acids is 1. The van der Waals surface area contributed by atoms with E-state index in [1.54, 1.807) is 12.1 Å². The molecule has 4 rings (SSSR count). The minimum atomic E-state index is -0.304. The number of hydrogen-bond donors (Lipinski definition) is 2. The number of aromatic nitrogens is 2. The summed E-state index contributed by atoms with van der Waals surface area (Å²) in [5.41, 5.74) is 2.35. The summed E-state index contributed by atoms with van der Waals surface area (Å²) in [5.74, 6) is 1.04. The van der Waals surface area contributed by atoms with E-state index in [0.717, 1.165) is 30.8 Å². The largest absolute Gasteiger partial charge is 0.459 e. The van der Waals surface area contributed by atoms with Crippen LogP contribution in [0.25, 0.3) is 11.5 Å². The summed E-state index contributed by atoms with van der Waals surface area (Å²) in [6.07, 6.45) is 1.47. The highest BCUT2D eigenvalue weighted by Gasteiger charge is 2.25. The second-order valence-electron chi connectivity index (χ2n) is 6.62. The van der Waals surface area contributed by atoms with Crippen LogP contribution < -0.4 is 10.6 Å². The van der Waals surface area contributed by atoms with Gasteiger partial charge in [-0.2, -0.15) is 4.98 Å². The van der Waals surface area contributed by atoms with Crippen LogP contribution in [0.4, 0.5) is 5.69 Å². The van der Waals surface area contributed by atoms with E-state index in [9.17, 15) is 4.79 Å². The van der Waals surface area contributed by atoms with E-state index < -0.39 is 0 Å². The monoisotopic (exact) mass is 367 g/mol. The fraction of sp³-hybridized carbons (Fsp3) is 0.316. The fourth-order valence-corrected chi connectivity index (χ4v) is 3.06. The maximum atomic E-state index is 12.3. The van der Waals surface area contributed by atoms with Gasteiger partial charge in [-0.15, -0.1) is 0 Å². The molecule has 140 valence electrons. The number of furan rings is 1. The molecule has 2 N–H and O–H groups in total. The van der Waals surface area contributed by atoms with Gasteiger partial charge in [0, 0.05) is 30.9 Å². The topological polar surface area (TPSA) is 96.4 Å². The lowest BCUT2D eigenvalue weighted by Crippen LogP contribution is -2.44. The Morgan fingerprint density at radius 3 is 3.04 bits per heavy atom. The van der Waals surface area contributed by atoms with Crippen LogP contribution in [0.1, 0.15) is 28.0 Å². The van der Waals surface area contributed by atoms with Gasteiger partial charge in [-0.05, 0) is 43.8 Å². The lowest BCUT2D eigenvalue weighted by molar-refractivity contribution is 0.0996. The first-order valence-electron chi connectivity index (χ1n) is 8.82. The summed E-state index contributed by atoms with van der Waals surface area (Å²) in [5, 5.41) is 10.4. The zero-order chi connectivity index (χ0) is 18.8. The first kappa shape index (κ1) is 17.4. The maximum Gasteiger partial charge on any atom is 0.291 e. The van der Waals surface area contributed by atoms with Crippen molar-refractivity contribution in [3.05, 3.63) is 53.7 Å². The summed E-state index contributed by atoms with van der Waals surface area (Å²) < 4.78 is 10.6. The van der Waals surface area contributed by atoms with Crippen LogP contribution in [0.15, 0.2) is 45.5 Å². The molecule has 0 radical (unpaired) electrons. The predicted molar refractivity (Wildman–Crippen MR) is 99.4 cm³/mol. The Morgan fingerprint density at radius 1 is 1.37 bits per heavy atom. The van der Waals surface area contributed by atoms with Crippen LogP contribution in [0.2, 0.25) is 0 Å². The standard InChI is InChI=1S/C19H21N5O3/c1-12-5-6-13(10-14(12)21-18(25)16-4-3-9-26-16)19-22-17(23-27-19)15-11-20-7-8-24(15)2/h3-6,9-10,15,20H,7-8,11H2,1-2H3,(H,21,25). The van der Waals surface area contributed by atoms with Gasteiger partial charge in [0.05, 0.1) is 12.3 Å². The molecule has 0 bridgehead atoms. The van der Waals surface area contributed by atoms with Gasteiger partial charge < -0.3 is 19.6 Å². The van der Waals surface area contributed by atoms with Crippen molar-refractivity contribution >= 4 is 11.6 Å². The lowest BCUT2D eigenvalue weighted by Gasteiger charge is -2.30. The van der Waals surface area contributed by atoms with Gasteiger partial charge in [-0.3, -0.25) is 9.69 Å². The van der Waals surface area contributed by atoms with Crippen molar-refractivity contribution in [2.75, 3.05) is 32.0 Å². The molecule has 3 aromatic rings. The first-order chi connectivity index (χ1) is 13.1. The Balaban J connectivity index is 1.57. The zero-order valence-corrected chi connectivity index (χ0v) is 15.2. The van der Waals surface area contributed by atoms with Crippen LogP contribution in [-0.2, 0) is 0 Å². The van der Waals surface area contributed by atoms with Crippen molar-refractivity contribution in [3.63, 3.8) is 0 Å². The molecule has 1 aliphatic rings. The number of piperazine rings is 1. The van der Waals surface area contributed by atoms with Crippen molar-refractivity contribution in [1.29, 1.82) is 0 Å². The molecule has 1 unspecified atom stereocenters. The minimum Gasteiger partial charge on any atom is -0.459 e. The summed E-state index contributed by atoms with van der Waals surface area (Å²) in [6.45, 7) is 4.59. The number of benzene rings is 1. The average molecular weight is 367 g/mol. The van der Waals surface area contributed by atoms with Gasteiger partial charge in [0.1, 0.15) is 0 Å². The number of aryl methyl sites for hydroxylation is 1. The highest BCUT2D eigenvalue weighted by molar-refractivity contribution is 6.02. The lowest BCUT2D eigenvalue weighted by atomic mass is 10.1. The zero-order valence-electron chi connectivity index (χ0n) is 15.2. The molecule has 2 aromatic heterocycles. The molecule has 1 aromatic carbocycles. The first-order valence-corrected chi connectivity index (χ1v) is 8.82. The van der Waals surface area contributed by atoms with Gasteiger partial charge in [-0.1, -0.05) is 11.2 Å². The van der Waals surface area contributed by atoms with Crippen molar-refractivity contribution in [2.24, 2.45) is 0 Å². The molecule has 0 spiro atoms.